The Morgan fingerprint density at radius 3 is 3.06 bits per heavy atom. The number of aromatic amines is 1. The highest BCUT2D eigenvalue weighted by molar-refractivity contribution is 7.14. The van der Waals surface area contributed by atoms with Crippen LogP contribution in [0.4, 0.5) is 0 Å². The Kier molecular flexibility index (Phi) is 4.76. The zero-order chi connectivity index (χ0) is 20.8. The number of amides is 1. The smallest absolute Gasteiger partial charge is 0.282 e. The van der Waals surface area contributed by atoms with Crippen LogP contribution in [0.25, 0.3) is 22.4 Å². The topological polar surface area (TPSA) is 74.3 Å². The van der Waals surface area contributed by atoms with Gasteiger partial charge in [0.05, 0.1) is 18.5 Å². The minimum absolute atomic E-state index is 0.0841. The minimum Gasteiger partial charge on any atom is -0.492 e. The number of carbonyl (C=O) groups excluding carboxylic acids is 1. The molecule has 160 valence electrons. The Labute approximate surface area is 185 Å². The van der Waals surface area contributed by atoms with Crippen LogP contribution in [0, 0.1) is 0 Å². The average Bonchev–Trinajstić information content (AvgIpc) is 3.46. The third kappa shape index (κ3) is 3.43. The summed E-state index contributed by atoms with van der Waals surface area (Å²) in [7, 11) is 0. The monoisotopic (exact) mass is 435 g/mol. The van der Waals surface area contributed by atoms with Crippen molar-refractivity contribution in [2.24, 2.45) is 0 Å². The second-order valence-electron chi connectivity index (χ2n) is 8.52. The maximum Gasteiger partial charge on any atom is 0.282 e. The largest absolute Gasteiger partial charge is 0.492 e. The van der Waals surface area contributed by atoms with Crippen LogP contribution in [0.2, 0.25) is 0 Å². The van der Waals surface area contributed by atoms with Gasteiger partial charge in [-0.3, -0.25) is 14.8 Å². The molecule has 2 aromatic heterocycles. The van der Waals surface area contributed by atoms with Crippen LogP contribution in [0.1, 0.15) is 33.9 Å². The summed E-state index contributed by atoms with van der Waals surface area (Å²) in [5.41, 5.74) is 3.93. The molecule has 0 radical (unpaired) electrons. The number of aromatic nitrogens is 3. The number of thiazole rings is 1. The van der Waals surface area contributed by atoms with Crippen molar-refractivity contribution < 1.29 is 9.53 Å². The van der Waals surface area contributed by atoms with E-state index in [-0.39, 0.29) is 5.91 Å². The molecule has 1 atom stereocenters. The number of hydrogen-bond acceptors (Lipinski definition) is 6. The molecule has 2 saturated heterocycles. The average molecular weight is 436 g/mol. The molecule has 3 aromatic rings. The van der Waals surface area contributed by atoms with Crippen molar-refractivity contribution >= 4 is 17.2 Å². The van der Waals surface area contributed by atoms with E-state index in [0.717, 1.165) is 59.1 Å². The quantitative estimate of drug-likeness (QED) is 0.667. The number of piperidine rings is 1. The first-order valence-corrected chi connectivity index (χ1v) is 11.9. The number of benzene rings is 1. The molecule has 7 nitrogen and oxygen atoms in total. The van der Waals surface area contributed by atoms with Crippen molar-refractivity contribution in [3.63, 3.8) is 0 Å². The summed E-state index contributed by atoms with van der Waals surface area (Å²) in [6.07, 6.45) is 8.19. The molecule has 3 aliphatic rings. The zero-order valence-electron chi connectivity index (χ0n) is 17.3. The Balaban J connectivity index is 1.28. The lowest BCUT2D eigenvalue weighted by atomic mass is 9.99. The maximum atomic E-state index is 13.3. The molecule has 2 fully saturated rings. The lowest BCUT2D eigenvalue weighted by Gasteiger charge is -2.43. The van der Waals surface area contributed by atoms with Crippen molar-refractivity contribution in [2.45, 2.75) is 31.7 Å². The van der Waals surface area contributed by atoms with Gasteiger partial charge in [-0.25, -0.2) is 4.98 Å². The van der Waals surface area contributed by atoms with Gasteiger partial charge in [-0.2, -0.15) is 5.10 Å². The van der Waals surface area contributed by atoms with Gasteiger partial charge in [0.2, 0.25) is 0 Å². The second-order valence-corrected chi connectivity index (χ2v) is 9.61. The molecule has 1 amide bonds. The molecule has 3 aliphatic heterocycles. The number of ether oxygens (including phenoxy) is 1. The van der Waals surface area contributed by atoms with E-state index in [1.807, 2.05) is 17.2 Å². The summed E-state index contributed by atoms with van der Waals surface area (Å²) >= 11 is 1.53. The summed E-state index contributed by atoms with van der Waals surface area (Å²) in [6, 6.07) is 6.67. The molecular weight excluding hydrogens is 410 g/mol. The highest BCUT2D eigenvalue weighted by Crippen LogP contribution is 2.40. The van der Waals surface area contributed by atoms with E-state index in [2.05, 4.69) is 27.2 Å². The number of piperazine rings is 1. The Hall–Kier alpha value is -2.71. The molecule has 5 heterocycles. The predicted octanol–water partition coefficient (Wildman–Crippen LogP) is 3.45. The van der Waals surface area contributed by atoms with Gasteiger partial charge < -0.3 is 9.64 Å². The van der Waals surface area contributed by atoms with Gasteiger partial charge in [0, 0.05) is 54.3 Å². The van der Waals surface area contributed by atoms with Crippen LogP contribution in [0.5, 0.6) is 5.75 Å². The van der Waals surface area contributed by atoms with Crippen molar-refractivity contribution in [1.82, 2.24) is 25.0 Å². The summed E-state index contributed by atoms with van der Waals surface area (Å²) in [5, 5.41) is 7.50. The number of nitrogens with one attached hydrogen (secondary N) is 1. The normalized spacial score (nSPS) is 20.9. The molecular formula is C23H25N5O2S. The summed E-state index contributed by atoms with van der Waals surface area (Å²) in [6.45, 7) is 4.38. The lowest BCUT2D eigenvalue weighted by Crippen LogP contribution is -2.56. The van der Waals surface area contributed by atoms with Gasteiger partial charge in [0.1, 0.15) is 5.75 Å². The molecule has 1 N–H and O–H groups in total. The molecule has 0 bridgehead atoms. The Morgan fingerprint density at radius 1 is 1.19 bits per heavy atom. The first kappa shape index (κ1) is 19.0. The molecule has 0 saturated carbocycles. The number of hydrogen-bond donors (Lipinski definition) is 1. The highest BCUT2D eigenvalue weighted by Gasteiger charge is 2.33. The van der Waals surface area contributed by atoms with Crippen LogP contribution < -0.4 is 4.74 Å². The molecule has 0 unspecified atom stereocenters. The van der Waals surface area contributed by atoms with Crippen molar-refractivity contribution in [1.29, 1.82) is 0 Å². The van der Waals surface area contributed by atoms with Gasteiger partial charge in [-0.1, -0.05) is 12.5 Å². The summed E-state index contributed by atoms with van der Waals surface area (Å²) < 4.78 is 6.04. The van der Waals surface area contributed by atoms with E-state index in [4.69, 9.17) is 9.72 Å². The molecule has 6 rings (SSSR count). The molecule has 0 aliphatic carbocycles. The third-order valence-electron chi connectivity index (χ3n) is 6.66. The molecule has 31 heavy (non-hydrogen) atoms. The fourth-order valence-corrected chi connectivity index (χ4v) is 6.00. The first-order valence-electron chi connectivity index (χ1n) is 11.1. The fraction of sp³-hybridized carbons (Fsp3) is 0.435. The van der Waals surface area contributed by atoms with Crippen molar-refractivity contribution in [2.75, 3.05) is 32.8 Å². The van der Waals surface area contributed by atoms with E-state index >= 15 is 0 Å². The lowest BCUT2D eigenvalue weighted by molar-refractivity contribution is 0.0372. The first-order chi connectivity index (χ1) is 15.3. The SMILES string of the molecule is O=C(c1nc2c(s1)CCOc1cc(-c3cn[nH]c3)ccc1-2)N1CCN2CCCC[C@@H]2C1. The molecule has 0 spiro atoms. The minimum atomic E-state index is 0.0841. The highest BCUT2D eigenvalue weighted by atomic mass is 32.1. The van der Waals surface area contributed by atoms with Crippen LogP contribution >= 0.6 is 11.3 Å². The third-order valence-corrected chi connectivity index (χ3v) is 7.76. The van der Waals surface area contributed by atoms with Crippen molar-refractivity contribution in [3.8, 4) is 28.1 Å². The van der Waals surface area contributed by atoms with Crippen molar-refractivity contribution in [3.05, 3.63) is 40.5 Å². The van der Waals surface area contributed by atoms with Crippen LogP contribution in [-0.2, 0) is 6.42 Å². The Bertz CT molecular complexity index is 1110. The number of nitrogens with zero attached hydrogens (tertiary/aromatic N) is 4. The molecule has 8 heteroatoms. The van der Waals surface area contributed by atoms with Gasteiger partial charge >= 0.3 is 0 Å². The fourth-order valence-electron chi connectivity index (χ4n) is 4.98. The van der Waals surface area contributed by atoms with E-state index in [1.165, 1.54) is 37.1 Å². The Morgan fingerprint density at radius 2 is 2.16 bits per heavy atom. The van der Waals surface area contributed by atoms with Gasteiger partial charge in [-0.15, -0.1) is 11.3 Å². The standard InChI is InChI=1S/C23H25N5O2S/c29-23(28-9-8-27-7-2-1-3-17(27)14-28)22-26-21-18-5-4-15(16-12-24-25-13-16)11-19(18)30-10-6-20(21)31-22/h4-5,11-13,17H,1-3,6-10,14H2,(H,24,25)/t17-/m1/s1. The number of carbonyl (C=O) groups is 1. The summed E-state index contributed by atoms with van der Waals surface area (Å²) in [5.74, 6) is 0.901. The molecule has 1 aromatic carbocycles. The van der Waals surface area contributed by atoms with E-state index in [0.29, 0.717) is 17.7 Å². The van der Waals surface area contributed by atoms with Gasteiger partial charge in [0.15, 0.2) is 5.01 Å². The number of H-pyrrole nitrogens is 1. The van der Waals surface area contributed by atoms with E-state index in [1.54, 1.807) is 6.20 Å². The zero-order valence-corrected chi connectivity index (χ0v) is 18.2. The maximum absolute atomic E-state index is 13.3. The van der Waals surface area contributed by atoms with Crippen LogP contribution in [0.3, 0.4) is 0 Å². The van der Waals surface area contributed by atoms with Crippen LogP contribution in [-0.4, -0.2) is 69.7 Å². The second kappa shape index (κ2) is 7.76. The van der Waals surface area contributed by atoms with Gasteiger partial charge in [-0.05, 0) is 37.1 Å². The van der Waals surface area contributed by atoms with E-state index in [9.17, 15) is 4.79 Å². The van der Waals surface area contributed by atoms with Crippen LogP contribution in [0.15, 0.2) is 30.6 Å². The number of rotatable bonds is 2. The predicted molar refractivity (Wildman–Crippen MR) is 119 cm³/mol. The van der Waals surface area contributed by atoms with E-state index < -0.39 is 0 Å². The number of fused-ring (bicyclic) bond motifs is 4. The van der Waals surface area contributed by atoms with Gasteiger partial charge in [0.25, 0.3) is 5.91 Å². The summed E-state index contributed by atoms with van der Waals surface area (Å²) in [4.78, 5) is 23.9.